The highest BCUT2D eigenvalue weighted by Crippen LogP contribution is 2.35. The second kappa shape index (κ2) is 7.06. The number of hydrogen-bond acceptors (Lipinski definition) is 3. The molecule has 0 unspecified atom stereocenters. The largest absolute Gasteiger partial charge is 0.363 e. The minimum Gasteiger partial charge on any atom is -0.363 e. The number of benzene rings is 1. The van der Waals surface area contributed by atoms with Gasteiger partial charge in [0.25, 0.3) is 5.91 Å². The molecule has 0 aliphatic carbocycles. The Balaban J connectivity index is 1.47. The van der Waals surface area contributed by atoms with Crippen molar-refractivity contribution in [3.05, 3.63) is 59.4 Å². The minimum absolute atomic E-state index is 0.0851. The summed E-state index contributed by atoms with van der Waals surface area (Å²) in [5, 5.41) is 1.32. The summed E-state index contributed by atoms with van der Waals surface area (Å²) in [6, 6.07) is 12.3. The highest BCUT2D eigenvalue weighted by Gasteiger charge is 2.27. The van der Waals surface area contributed by atoms with Gasteiger partial charge in [0.15, 0.2) is 0 Å². The van der Waals surface area contributed by atoms with Crippen molar-refractivity contribution in [1.29, 1.82) is 0 Å². The third-order valence-electron chi connectivity index (χ3n) is 5.59. The predicted molar refractivity (Wildman–Crippen MR) is 109 cm³/mol. The topological polar surface area (TPSA) is 52.2 Å². The predicted octanol–water partition coefficient (Wildman–Crippen LogP) is 3.96. The molecule has 3 heterocycles. The van der Waals surface area contributed by atoms with Crippen LogP contribution in [0.15, 0.2) is 42.6 Å². The van der Waals surface area contributed by atoms with E-state index in [-0.39, 0.29) is 5.91 Å². The zero-order valence-electron chi connectivity index (χ0n) is 16.2. The van der Waals surface area contributed by atoms with Crippen molar-refractivity contribution < 1.29 is 4.79 Å². The molecule has 1 aromatic carbocycles. The molecule has 5 heteroatoms. The number of likely N-dealkylation sites (tertiary alicyclic amines) is 1. The highest BCUT2D eigenvalue weighted by molar-refractivity contribution is 5.94. The van der Waals surface area contributed by atoms with Crippen molar-refractivity contribution in [2.45, 2.75) is 25.7 Å². The van der Waals surface area contributed by atoms with Gasteiger partial charge in [0.1, 0.15) is 5.82 Å². The number of nitrogens with one attached hydrogen (secondary N) is 1. The molecule has 0 radical (unpaired) electrons. The van der Waals surface area contributed by atoms with E-state index in [4.69, 9.17) is 0 Å². The molecule has 0 spiro atoms. The van der Waals surface area contributed by atoms with Gasteiger partial charge in [-0.2, -0.15) is 0 Å². The molecule has 140 valence electrons. The van der Waals surface area contributed by atoms with Gasteiger partial charge in [-0.15, -0.1) is 0 Å². The Morgan fingerprint density at radius 2 is 1.89 bits per heavy atom. The number of amides is 1. The van der Waals surface area contributed by atoms with Crippen molar-refractivity contribution in [2.75, 3.05) is 32.1 Å². The van der Waals surface area contributed by atoms with E-state index in [0.29, 0.717) is 11.5 Å². The van der Waals surface area contributed by atoms with Gasteiger partial charge in [-0.1, -0.05) is 18.2 Å². The van der Waals surface area contributed by atoms with Crippen LogP contribution in [0.3, 0.4) is 0 Å². The summed E-state index contributed by atoms with van der Waals surface area (Å²) in [6.07, 6.45) is 3.68. The number of carbonyl (C=O) groups is 1. The van der Waals surface area contributed by atoms with E-state index in [9.17, 15) is 4.79 Å². The number of fused-ring (bicyclic) bond motifs is 1. The van der Waals surface area contributed by atoms with Crippen LogP contribution in [0.1, 0.15) is 40.4 Å². The van der Waals surface area contributed by atoms with Gasteiger partial charge in [0.2, 0.25) is 0 Å². The molecule has 5 nitrogen and oxygen atoms in total. The van der Waals surface area contributed by atoms with Crippen molar-refractivity contribution in [3.8, 4) is 0 Å². The molecule has 1 aliphatic heterocycles. The first-order valence-electron chi connectivity index (χ1n) is 9.54. The smallest absolute Gasteiger partial charge is 0.255 e. The van der Waals surface area contributed by atoms with E-state index in [1.165, 1.54) is 22.2 Å². The summed E-state index contributed by atoms with van der Waals surface area (Å²) in [5.74, 6) is 1.45. The first kappa shape index (κ1) is 17.6. The fraction of sp³-hybridized carbons (Fsp3) is 0.364. The van der Waals surface area contributed by atoms with Gasteiger partial charge in [-0.05, 0) is 49.4 Å². The number of para-hydroxylation sites is 1. The van der Waals surface area contributed by atoms with Crippen LogP contribution in [-0.2, 0) is 0 Å². The number of piperidine rings is 1. The Bertz CT molecular complexity index is 950. The van der Waals surface area contributed by atoms with E-state index < -0.39 is 0 Å². The number of aromatic nitrogens is 2. The lowest BCUT2D eigenvalue weighted by molar-refractivity contribution is 0.0713. The van der Waals surface area contributed by atoms with Gasteiger partial charge in [-0.3, -0.25) is 4.79 Å². The zero-order valence-corrected chi connectivity index (χ0v) is 16.2. The molecule has 27 heavy (non-hydrogen) atoms. The number of hydrogen-bond donors (Lipinski definition) is 1. The molecule has 4 rings (SSSR count). The summed E-state index contributed by atoms with van der Waals surface area (Å²) < 4.78 is 0. The third kappa shape index (κ3) is 3.29. The minimum atomic E-state index is 0.0851. The monoisotopic (exact) mass is 362 g/mol. The molecular weight excluding hydrogens is 336 g/mol. The Morgan fingerprint density at radius 1 is 1.15 bits per heavy atom. The highest BCUT2D eigenvalue weighted by atomic mass is 16.2. The summed E-state index contributed by atoms with van der Waals surface area (Å²) in [7, 11) is 3.89. The molecule has 1 fully saturated rings. The van der Waals surface area contributed by atoms with Gasteiger partial charge < -0.3 is 14.8 Å². The van der Waals surface area contributed by atoms with Gasteiger partial charge in [0, 0.05) is 50.0 Å². The van der Waals surface area contributed by atoms with Gasteiger partial charge in [-0.25, -0.2) is 4.98 Å². The fourth-order valence-corrected chi connectivity index (χ4v) is 4.16. The lowest BCUT2D eigenvalue weighted by atomic mass is 9.87. The van der Waals surface area contributed by atoms with Crippen LogP contribution < -0.4 is 4.90 Å². The maximum atomic E-state index is 12.8. The molecule has 0 atom stereocenters. The Morgan fingerprint density at radius 3 is 2.56 bits per heavy atom. The molecule has 0 saturated carbocycles. The molecule has 3 aromatic rings. The molecule has 1 saturated heterocycles. The Labute approximate surface area is 160 Å². The van der Waals surface area contributed by atoms with Crippen LogP contribution in [0, 0.1) is 6.92 Å². The molecule has 2 aromatic heterocycles. The summed E-state index contributed by atoms with van der Waals surface area (Å²) in [6.45, 7) is 3.74. The summed E-state index contributed by atoms with van der Waals surface area (Å²) in [4.78, 5) is 24.6. The molecule has 1 aliphatic rings. The first-order valence-corrected chi connectivity index (χ1v) is 9.54. The van der Waals surface area contributed by atoms with E-state index in [0.717, 1.165) is 31.7 Å². The number of carbonyl (C=O) groups excluding carboxylic acids is 1. The standard InChI is InChI=1S/C22H26N4O/c1-15-21(18-6-4-5-7-19(18)24-15)16-10-12-26(13-11-16)22(27)17-8-9-20(23-14-17)25(2)3/h4-9,14,16,24H,10-13H2,1-3H3. The summed E-state index contributed by atoms with van der Waals surface area (Å²) >= 11 is 0. The maximum absolute atomic E-state index is 12.8. The van der Waals surface area contributed by atoms with Gasteiger partial charge in [0.05, 0.1) is 5.56 Å². The maximum Gasteiger partial charge on any atom is 0.255 e. The second-order valence-corrected chi connectivity index (χ2v) is 7.58. The SMILES string of the molecule is Cc1[nH]c2ccccc2c1C1CCN(C(=O)c2ccc(N(C)C)nc2)CC1. The third-order valence-corrected chi connectivity index (χ3v) is 5.59. The lowest BCUT2D eigenvalue weighted by Crippen LogP contribution is -2.38. The van der Waals surface area contributed by atoms with Crippen LogP contribution in [0.2, 0.25) is 0 Å². The number of pyridine rings is 1. The quantitative estimate of drug-likeness (QED) is 0.767. The first-order chi connectivity index (χ1) is 13.0. The Hall–Kier alpha value is -2.82. The van der Waals surface area contributed by atoms with E-state index >= 15 is 0 Å². The molecule has 1 N–H and O–H groups in total. The van der Waals surface area contributed by atoms with E-state index in [1.54, 1.807) is 6.20 Å². The molecule has 0 bridgehead atoms. The fourth-order valence-electron chi connectivity index (χ4n) is 4.16. The Kier molecular flexibility index (Phi) is 4.60. The number of anilines is 1. The van der Waals surface area contributed by atoms with E-state index in [2.05, 4.69) is 41.2 Å². The molecular formula is C22H26N4O. The van der Waals surface area contributed by atoms with Crippen LogP contribution in [0.5, 0.6) is 0 Å². The van der Waals surface area contributed by atoms with Crippen molar-refractivity contribution in [2.24, 2.45) is 0 Å². The van der Waals surface area contributed by atoms with Crippen molar-refractivity contribution in [3.63, 3.8) is 0 Å². The lowest BCUT2D eigenvalue weighted by Gasteiger charge is -2.32. The number of rotatable bonds is 3. The van der Waals surface area contributed by atoms with Crippen LogP contribution >= 0.6 is 0 Å². The second-order valence-electron chi connectivity index (χ2n) is 7.58. The van der Waals surface area contributed by atoms with Crippen LogP contribution in [0.25, 0.3) is 10.9 Å². The average molecular weight is 362 g/mol. The van der Waals surface area contributed by atoms with E-state index in [1.807, 2.05) is 36.0 Å². The molecule has 1 amide bonds. The van der Waals surface area contributed by atoms with Crippen LogP contribution in [-0.4, -0.2) is 48.0 Å². The van der Waals surface area contributed by atoms with Crippen molar-refractivity contribution >= 4 is 22.6 Å². The number of nitrogens with zero attached hydrogens (tertiary/aromatic N) is 3. The van der Waals surface area contributed by atoms with Crippen molar-refractivity contribution in [1.82, 2.24) is 14.9 Å². The summed E-state index contributed by atoms with van der Waals surface area (Å²) in [5.41, 5.74) is 4.55. The normalized spacial score (nSPS) is 15.3. The van der Waals surface area contributed by atoms with Crippen LogP contribution in [0.4, 0.5) is 5.82 Å². The number of H-pyrrole nitrogens is 1. The zero-order chi connectivity index (χ0) is 19.0. The van der Waals surface area contributed by atoms with Gasteiger partial charge >= 0.3 is 0 Å². The average Bonchev–Trinajstić information content (AvgIpc) is 3.03. The number of aryl methyl sites for hydroxylation is 1. The number of aromatic amines is 1.